The van der Waals surface area contributed by atoms with E-state index in [-0.39, 0.29) is 12.6 Å². The van der Waals surface area contributed by atoms with Gasteiger partial charge in [0.1, 0.15) is 5.82 Å². The molecule has 0 amide bonds. The molecule has 0 aromatic carbocycles. The lowest BCUT2D eigenvalue weighted by atomic mass is 10.3. The molecule has 0 spiro atoms. The zero-order valence-corrected chi connectivity index (χ0v) is 12.1. The highest BCUT2D eigenvalue weighted by molar-refractivity contribution is 5.33. The first-order valence-electron chi connectivity index (χ1n) is 6.70. The summed E-state index contributed by atoms with van der Waals surface area (Å²) in [5.41, 5.74) is -0.438. The number of anilines is 1. The molecule has 0 aliphatic rings. The predicted molar refractivity (Wildman–Crippen MR) is 72.8 cm³/mol. The molecule has 0 aliphatic carbocycles. The zero-order chi connectivity index (χ0) is 15.6. The van der Waals surface area contributed by atoms with Crippen LogP contribution in [0.5, 0.6) is 0 Å². The van der Waals surface area contributed by atoms with Gasteiger partial charge in [0, 0.05) is 25.4 Å². The van der Waals surface area contributed by atoms with E-state index in [0.29, 0.717) is 11.5 Å². The Bertz CT molecular complexity index is 599. The molecular formula is C13H18F3N5. The van der Waals surface area contributed by atoms with Gasteiger partial charge in [0.05, 0.1) is 12.2 Å². The highest BCUT2D eigenvalue weighted by Crippen LogP contribution is 2.28. The number of nitrogens with zero attached hydrogens (tertiary/aromatic N) is 4. The predicted octanol–water partition coefficient (Wildman–Crippen LogP) is 3.22. The fraction of sp³-hybridized carbons (Fsp3) is 0.538. The summed E-state index contributed by atoms with van der Waals surface area (Å²) < 4.78 is 40.7. The molecule has 0 radical (unpaired) electrons. The summed E-state index contributed by atoms with van der Waals surface area (Å²) in [6.45, 7) is 4.35. The van der Waals surface area contributed by atoms with Crippen LogP contribution in [-0.4, -0.2) is 19.6 Å². The number of halogens is 3. The minimum atomic E-state index is -4.42. The molecule has 1 N–H and O–H groups in total. The van der Waals surface area contributed by atoms with Crippen molar-refractivity contribution in [1.82, 2.24) is 19.6 Å². The molecular weight excluding hydrogens is 283 g/mol. The van der Waals surface area contributed by atoms with Crippen molar-refractivity contribution in [3.05, 3.63) is 29.7 Å². The Hall–Kier alpha value is -1.99. The summed E-state index contributed by atoms with van der Waals surface area (Å²) in [6, 6.07) is 3.13. The SMILES string of the molecule is CC[C@H](C)n1ccc(NCc2cc(C(F)(F)F)nn2C)n1. The number of alkyl halides is 3. The van der Waals surface area contributed by atoms with E-state index < -0.39 is 11.9 Å². The Morgan fingerprint density at radius 3 is 2.62 bits per heavy atom. The Kier molecular flexibility index (Phi) is 4.24. The molecule has 0 aliphatic heterocycles. The minimum Gasteiger partial charge on any atom is -0.363 e. The molecule has 116 valence electrons. The van der Waals surface area contributed by atoms with E-state index in [2.05, 4.69) is 22.4 Å². The number of nitrogens with one attached hydrogen (secondary N) is 1. The van der Waals surface area contributed by atoms with Crippen molar-refractivity contribution in [3.8, 4) is 0 Å². The van der Waals surface area contributed by atoms with Gasteiger partial charge in [-0.2, -0.15) is 23.4 Å². The smallest absolute Gasteiger partial charge is 0.363 e. The highest BCUT2D eigenvalue weighted by atomic mass is 19.4. The molecule has 0 saturated heterocycles. The van der Waals surface area contributed by atoms with Crippen molar-refractivity contribution in [2.75, 3.05) is 5.32 Å². The van der Waals surface area contributed by atoms with Gasteiger partial charge in [-0.05, 0) is 19.4 Å². The van der Waals surface area contributed by atoms with Crippen molar-refractivity contribution >= 4 is 5.82 Å². The van der Waals surface area contributed by atoms with Crippen LogP contribution in [-0.2, 0) is 19.8 Å². The van der Waals surface area contributed by atoms with Gasteiger partial charge < -0.3 is 5.32 Å². The average Bonchev–Trinajstić information content (AvgIpc) is 3.01. The first-order chi connectivity index (χ1) is 9.81. The number of rotatable bonds is 5. The lowest BCUT2D eigenvalue weighted by molar-refractivity contribution is -0.141. The molecule has 0 fully saturated rings. The van der Waals surface area contributed by atoms with Gasteiger partial charge in [0.2, 0.25) is 0 Å². The fourth-order valence-electron chi connectivity index (χ4n) is 1.86. The van der Waals surface area contributed by atoms with Crippen molar-refractivity contribution in [1.29, 1.82) is 0 Å². The molecule has 0 unspecified atom stereocenters. The maximum atomic E-state index is 12.6. The second kappa shape index (κ2) is 5.79. The van der Waals surface area contributed by atoms with E-state index in [1.165, 1.54) is 11.7 Å². The third-order valence-electron chi connectivity index (χ3n) is 3.37. The van der Waals surface area contributed by atoms with Gasteiger partial charge in [-0.3, -0.25) is 9.36 Å². The number of aryl methyl sites for hydroxylation is 1. The number of aromatic nitrogens is 4. The summed E-state index contributed by atoms with van der Waals surface area (Å²) in [6.07, 6.45) is -1.62. The van der Waals surface area contributed by atoms with Gasteiger partial charge in [-0.15, -0.1) is 0 Å². The third kappa shape index (κ3) is 3.56. The highest BCUT2D eigenvalue weighted by Gasteiger charge is 2.34. The molecule has 0 bridgehead atoms. The van der Waals surface area contributed by atoms with Crippen LogP contribution in [0.2, 0.25) is 0 Å². The Balaban J connectivity index is 2.03. The molecule has 8 heteroatoms. The van der Waals surface area contributed by atoms with Crippen LogP contribution in [0.3, 0.4) is 0 Å². The Morgan fingerprint density at radius 1 is 1.33 bits per heavy atom. The summed E-state index contributed by atoms with van der Waals surface area (Å²) in [5.74, 6) is 0.630. The molecule has 2 aromatic rings. The first-order valence-corrected chi connectivity index (χ1v) is 6.70. The average molecular weight is 301 g/mol. The topological polar surface area (TPSA) is 47.7 Å². The van der Waals surface area contributed by atoms with E-state index in [1.54, 1.807) is 6.07 Å². The van der Waals surface area contributed by atoms with E-state index >= 15 is 0 Å². The maximum absolute atomic E-state index is 12.6. The van der Waals surface area contributed by atoms with Crippen molar-refractivity contribution < 1.29 is 13.2 Å². The van der Waals surface area contributed by atoms with E-state index in [4.69, 9.17) is 0 Å². The third-order valence-corrected chi connectivity index (χ3v) is 3.37. The van der Waals surface area contributed by atoms with Crippen LogP contribution < -0.4 is 5.32 Å². The standard InChI is InChI=1S/C13H18F3N5/c1-4-9(2)21-6-5-12(19-21)17-8-10-7-11(13(14,15)16)18-20(10)3/h5-7,9H,4,8H2,1-3H3,(H,17,19)/t9-/m0/s1. The molecule has 0 saturated carbocycles. The molecule has 2 rings (SSSR count). The van der Waals surface area contributed by atoms with Crippen molar-refractivity contribution in [2.24, 2.45) is 7.05 Å². The molecule has 2 heterocycles. The second-order valence-electron chi connectivity index (χ2n) is 4.93. The molecule has 5 nitrogen and oxygen atoms in total. The summed E-state index contributed by atoms with van der Waals surface area (Å²) in [5, 5.41) is 10.8. The maximum Gasteiger partial charge on any atom is 0.435 e. The second-order valence-corrected chi connectivity index (χ2v) is 4.93. The molecule has 21 heavy (non-hydrogen) atoms. The van der Waals surface area contributed by atoms with Crippen LogP contribution >= 0.6 is 0 Å². The zero-order valence-electron chi connectivity index (χ0n) is 12.1. The van der Waals surface area contributed by atoms with Crippen molar-refractivity contribution in [2.45, 2.75) is 39.0 Å². The van der Waals surface area contributed by atoms with E-state index in [0.717, 1.165) is 12.5 Å². The minimum absolute atomic E-state index is 0.233. The van der Waals surface area contributed by atoms with Crippen LogP contribution in [0, 0.1) is 0 Å². The Labute approximate surface area is 120 Å². The number of hydrogen-bond donors (Lipinski definition) is 1. The lowest BCUT2D eigenvalue weighted by Crippen LogP contribution is -2.08. The first kappa shape index (κ1) is 15.4. The van der Waals surface area contributed by atoms with E-state index in [1.807, 2.05) is 17.8 Å². The fourth-order valence-corrected chi connectivity index (χ4v) is 1.86. The quantitative estimate of drug-likeness (QED) is 0.922. The largest absolute Gasteiger partial charge is 0.435 e. The number of hydrogen-bond acceptors (Lipinski definition) is 3. The van der Waals surface area contributed by atoms with Crippen LogP contribution in [0.4, 0.5) is 19.0 Å². The Morgan fingerprint density at radius 2 is 2.05 bits per heavy atom. The monoisotopic (exact) mass is 301 g/mol. The van der Waals surface area contributed by atoms with Gasteiger partial charge in [0.25, 0.3) is 0 Å². The summed E-state index contributed by atoms with van der Waals surface area (Å²) in [4.78, 5) is 0. The van der Waals surface area contributed by atoms with Gasteiger partial charge >= 0.3 is 6.18 Å². The van der Waals surface area contributed by atoms with Gasteiger partial charge in [-0.1, -0.05) is 6.92 Å². The van der Waals surface area contributed by atoms with Crippen LogP contribution in [0.25, 0.3) is 0 Å². The molecule has 2 aromatic heterocycles. The normalized spacial score (nSPS) is 13.4. The van der Waals surface area contributed by atoms with Gasteiger partial charge in [0.15, 0.2) is 5.69 Å². The lowest BCUT2D eigenvalue weighted by Gasteiger charge is -2.08. The van der Waals surface area contributed by atoms with E-state index in [9.17, 15) is 13.2 Å². The van der Waals surface area contributed by atoms with Crippen LogP contribution in [0.1, 0.15) is 37.7 Å². The molecule has 1 atom stereocenters. The van der Waals surface area contributed by atoms with Crippen LogP contribution in [0.15, 0.2) is 18.3 Å². The summed E-state index contributed by atoms with van der Waals surface area (Å²) in [7, 11) is 1.49. The van der Waals surface area contributed by atoms with Gasteiger partial charge in [-0.25, -0.2) is 0 Å². The summed E-state index contributed by atoms with van der Waals surface area (Å²) >= 11 is 0. The van der Waals surface area contributed by atoms with Crippen molar-refractivity contribution in [3.63, 3.8) is 0 Å².